The van der Waals surface area contributed by atoms with Gasteiger partial charge >= 0.3 is 12.0 Å². The highest BCUT2D eigenvalue weighted by Crippen LogP contribution is 2.22. The average Bonchev–Trinajstić information content (AvgIpc) is 3.08. The van der Waals surface area contributed by atoms with Gasteiger partial charge in [-0.1, -0.05) is 17.7 Å². The zero-order valence-electron chi connectivity index (χ0n) is 18.4. The summed E-state index contributed by atoms with van der Waals surface area (Å²) in [4.78, 5) is 39.6. The van der Waals surface area contributed by atoms with Crippen molar-refractivity contribution in [2.45, 2.75) is 39.7 Å². The van der Waals surface area contributed by atoms with Gasteiger partial charge in [-0.3, -0.25) is 9.69 Å². The second kappa shape index (κ2) is 8.91. The van der Waals surface area contributed by atoms with Gasteiger partial charge in [-0.2, -0.15) is 0 Å². The van der Waals surface area contributed by atoms with E-state index in [2.05, 4.69) is 9.97 Å². The lowest BCUT2D eigenvalue weighted by Crippen LogP contribution is -2.48. The molecule has 3 heterocycles. The normalized spacial score (nSPS) is 19.1. The molecule has 1 unspecified atom stereocenters. The zero-order chi connectivity index (χ0) is 22.0. The molecule has 2 saturated heterocycles. The van der Waals surface area contributed by atoms with E-state index in [9.17, 15) is 9.59 Å². The molecule has 0 saturated carbocycles. The molecule has 0 bridgehead atoms. The largest absolute Gasteiger partial charge is 0.458 e. The van der Waals surface area contributed by atoms with E-state index in [1.165, 1.54) is 0 Å². The van der Waals surface area contributed by atoms with Crippen molar-refractivity contribution in [3.8, 4) is 6.01 Å². The van der Waals surface area contributed by atoms with Crippen molar-refractivity contribution in [3.05, 3.63) is 47.3 Å². The highest BCUT2D eigenvalue weighted by atomic mass is 16.5. The minimum atomic E-state index is -0.141. The number of carbonyl (C=O) groups is 2. The van der Waals surface area contributed by atoms with Gasteiger partial charge in [0.2, 0.25) is 5.91 Å². The van der Waals surface area contributed by atoms with Gasteiger partial charge < -0.3 is 14.5 Å². The van der Waals surface area contributed by atoms with E-state index in [0.29, 0.717) is 32.2 Å². The molecular weight excluding hydrogens is 394 g/mol. The van der Waals surface area contributed by atoms with Crippen LogP contribution in [0, 0.1) is 20.8 Å². The summed E-state index contributed by atoms with van der Waals surface area (Å²) < 4.78 is 5.97. The fourth-order valence-corrected chi connectivity index (χ4v) is 4.11. The Hall–Kier alpha value is -3.16. The van der Waals surface area contributed by atoms with Crippen LogP contribution in [0.3, 0.4) is 0 Å². The highest BCUT2D eigenvalue weighted by Gasteiger charge is 2.33. The molecule has 2 fully saturated rings. The van der Waals surface area contributed by atoms with E-state index in [1.807, 2.05) is 51.1 Å². The molecule has 164 valence electrons. The first-order valence-corrected chi connectivity index (χ1v) is 10.8. The van der Waals surface area contributed by atoms with Crippen LogP contribution in [0.25, 0.3) is 0 Å². The van der Waals surface area contributed by atoms with Gasteiger partial charge in [0.05, 0.1) is 6.54 Å². The minimum Gasteiger partial charge on any atom is -0.458 e. The van der Waals surface area contributed by atoms with Crippen molar-refractivity contribution < 1.29 is 14.3 Å². The van der Waals surface area contributed by atoms with Crippen molar-refractivity contribution in [1.82, 2.24) is 19.8 Å². The second-order valence-corrected chi connectivity index (χ2v) is 8.35. The SMILES string of the molecule is Cc1ccc(N2CCN(CC(=O)N3CCCC(Oc4nc(C)cc(C)n4)C3)C2=O)cc1. The van der Waals surface area contributed by atoms with Crippen LogP contribution in [-0.4, -0.2) is 70.5 Å². The third kappa shape index (κ3) is 4.95. The Morgan fingerprint density at radius 1 is 1.06 bits per heavy atom. The molecule has 1 atom stereocenters. The average molecular weight is 424 g/mol. The number of hydrogen-bond donors (Lipinski definition) is 0. The van der Waals surface area contributed by atoms with E-state index in [0.717, 1.165) is 35.5 Å². The lowest BCUT2D eigenvalue weighted by molar-refractivity contribution is -0.134. The van der Waals surface area contributed by atoms with E-state index in [4.69, 9.17) is 4.74 Å². The summed E-state index contributed by atoms with van der Waals surface area (Å²) in [6, 6.07) is 10.0. The summed E-state index contributed by atoms with van der Waals surface area (Å²) in [6.07, 6.45) is 1.56. The number of carbonyl (C=O) groups excluding carboxylic acids is 2. The van der Waals surface area contributed by atoms with Crippen molar-refractivity contribution in [3.63, 3.8) is 0 Å². The predicted octanol–water partition coefficient (Wildman–Crippen LogP) is 2.71. The van der Waals surface area contributed by atoms with E-state index >= 15 is 0 Å². The van der Waals surface area contributed by atoms with Crippen LogP contribution in [-0.2, 0) is 4.79 Å². The molecule has 2 aromatic rings. The number of amides is 3. The molecule has 31 heavy (non-hydrogen) atoms. The number of aryl methyl sites for hydroxylation is 3. The number of benzene rings is 1. The molecule has 2 aliphatic heterocycles. The maximum atomic E-state index is 12.9. The highest BCUT2D eigenvalue weighted by molar-refractivity contribution is 5.96. The van der Waals surface area contributed by atoms with Crippen LogP contribution in [0.2, 0.25) is 0 Å². The number of rotatable bonds is 5. The number of ether oxygens (including phenoxy) is 1. The fraction of sp³-hybridized carbons (Fsp3) is 0.478. The molecular formula is C23H29N5O3. The van der Waals surface area contributed by atoms with Gasteiger partial charge in [-0.15, -0.1) is 0 Å². The molecule has 0 radical (unpaired) electrons. The Kier molecular flexibility index (Phi) is 6.06. The Morgan fingerprint density at radius 3 is 2.48 bits per heavy atom. The Labute approximate surface area is 182 Å². The van der Waals surface area contributed by atoms with Crippen LogP contribution < -0.4 is 9.64 Å². The number of anilines is 1. The molecule has 2 aliphatic rings. The summed E-state index contributed by atoms with van der Waals surface area (Å²) in [6.45, 7) is 8.22. The molecule has 8 nitrogen and oxygen atoms in total. The zero-order valence-corrected chi connectivity index (χ0v) is 18.4. The fourth-order valence-electron chi connectivity index (χ4n) is 4.11. The third-order valence-electron chi connectivity index (χ3n) is 5.73. The topological polar surface area (TPSA) is 78.9 Å². The summed E-state index contributed by atoms with van der Waals surface area (Å²) in [5.41, 5.74) is 3.73. The van der Waals surface area contributed by atoms with Gasteiger partial charge in [0.15, 0.2) is 0 Å². The molecule has 1 aromatic heterocycles. The van der Waals surface area contributed by atoms with Gasteiger partial charge in [0, 0.05) is 36.7 Å². The Bertz CT molecular complexity index is 942. The molecule has 4 rings (SSSR count). The number of aromatic nitrogens is 2. The lowest BCUT2D eigenvalue weighted by atomic mass is 10.1. The number of nitrogens with zero attached hydrogens (tertiary/aromatic N) is 5. The molecule has 1 aromatic carbocycles. The lowest BCUT2D eigenvalue weighted by Gasteiger charge is -2.33. The molecule has 0 aliphatic carbocycles. The smallest absolute Gasteiger partial charge is 0.325 e. The second-order valence-electron chi connectivity index (χ2n) is 8.35. The van der Waals surface area contributed by atoms with E-state index in [1.54, 1.807) is 14.7 Å². The number of hydrogen-bond acceptors (Lipinski definition) is 5. The van der Waals surface area contributed by atoms with Gasteiger partial charge in [0.1, 0.15) is 12.6 Å². The first-order valence-electron chi connectivity index (χ1n) is 10.8. The number of likely N-dealkylation sites (tertiary alicyclic amines) is 1. The van der Waals surface area contributed by atoms with Gasteiger partial charge in [-0.05, 0) is 51.8 Å². The summed E-state index contributed by atoms with van der Waals surface area (Å²) in [5, 5.41) is 0. The molecule has 8 heteroatoms. The van der Waals surface area contributed by atoms with Crippen LogP contribution in [0.15, 0.2) is 30.3 Å². The Morgan fingerprint density at radius 2 is 1.77 bits per heavy atom. The summed E-state index contributed by atoms with van der Waals surface area (Å²) >= 11 is 0. The predicted molar refractivity (Wildman–Crippen MR) is 117 cm³/mol. The minimum absolute atomic E-state index is 0.0475. The van der Waals surface area contributed by atoms with E-state index in [-0.39, 0.29) is 24.6 Å². The van der Waals surface area contributed by atoms with Gasteiger partial charge in [0.25, 0.3) is 0 Å². The van der Waals surface area contributed by atoms with Crippen LogP contribution >= 0.6 is 0 Å². The number of urea groups is 1. The maximum Gasteiger partial charge on any atom is 0.325 e. The van der Waals surface area contributed by atoms with Crippen molar-refractivity contribution >= 4 is 17.6 Å². The van der Waals surface area contributed by atoms with Crippen molar-refractivity contribution in [2.24, 2.45) is 0 Å². The molecule has 3 amide bonds. The quantitative estimate of drug-likeness (QED) is 0.739. The first kappa shape index (κ1) is 21.1. The van der Waals surface area contributed by atoms with Gasteiger partial charge in [-0.25, -0.2) is 14.8 Å². The van der Waals surface area contributed by atoms with Crippen molar-refractivity contribution in [1.29, 1.82) is 0 Å². The third-order valence-corrected chi connectivity index (χ3v) is 5.73. The van der Waals surface area contributed by atoms with Crippen LogP contribution in [0.4, 0.5) is 10.5 Å². The van der Waals surface area contributed by atoms with Crippen LogP contribution in [0.1, 0.15) is 29.8 Å². The monoisotopic (exact) mass is 423 g/mol. The van der Waals surface area contributed by atoms with Crippen LogP contribution in [0.5, 0.6) is 6.01 Å². The summed E-state index contributed by atoms with van der Waals surface area (Å²) in [5.74, 6) is -0.0475. The molecule has 0 N–H and O–H groups in total. The summed E-state index contributed by atoms with van der Waals surface area (Å²) in [7, 11) is 0. The maximum absolute atomic E-state index is 12.9. The van der Waals surface area contributed by atoms with E-state index < -0.39 is 0 Å². The first-order chi connectivity index (χ1) is 14.9. The standard InChI is InChI=1S/C23H29N5O3/c1-16-6-8-19(9-7-16)28-12-11-27(23(28)30)15-21(29)26-10-4-5-20(14-26)31-22-24-17(2)13-18(3)25-22/h6-9,13,20H,4-5,10-12,14-15H2,1-3H3. The Balaban J connectivity index is 1.34. The van der Waals surface area contributed by atoms with Crippen molar-refractivity contribution in [2.75, 3.05) is 37.6 Å². The number of piperidine rings is 1. The molecule has 0 spiro atoms.